The third-order valence-corrected chi connectivity index (χ3v) is 2.37. The van der Waals surface area contributed by atoms with Crippen LogP contribution in [0.3, 0.4) is 0 Å². The fourth-order valence-electron chi connectivity index (χ4n) is 1.23. The molecule has 1 aromatic carbocycles. The SMILES string of the molecule is CN(C)c1ccc(Oc2ccc(Cl)cc2)nn1. The first-order valence-corrected chi connectivity index (χ1v) is 5.47. The van der Waals surface area contributed by atoms with E-state index in [-0.39, 0.29) is 0 Å². The van der Waals surface area contributed by atoms with Crippen molar-refractivity contribution in [3.63, 3.8) is 0 Å². The molecular weight excluding hydrogens is 238 g/mol. The molecular formula is C12H12ClN3O. The molecule has 1 heterocycles. The van der Waals surface area contributed by atoms with Gasteiger partial charge < -0.3 is 9.64 Å². The van der Waals surface area contributed by atoms with Gasteiger partial charge in [-0.15, -0.1) is 10.2 Å². The van der Waals surface area contributed by atoms with Crippen LogP contribution in [0.5, 0.6) is 11.6 Å². The highest BCUT2D eigenvalue weighted by atomic mass is 35.5. The molecule has 0 atom stereocenters. The fourth-order valence-corrected chi connectivity index (χ4v) is 1.36. The molecule has 0 aliphatic rings. The summed E-state index contributed by atoms with van der Waals surface area (Å²) in [5.41, 5.74) is 0. The van der Waals surface area contributed by atoms with Crippen molar-refractivity contribution in [1.82, 2.24) is 10.2 Å². The summed E-state index contributed by atoms with van der Waals surface area (Å²) in [6, 6.07) is 10.7. The van der Waals surface area contributed by atoms with Crippen LogP contribution in [0.15, 0.2) is 36.4 Å². The Kier molecular flexibility index (Phi) is 3.44. The first-order chi connectivity index (χ1) is 8.15. The van der Waals surface area contributed by atoms with Gasteiger partial charge in [-0.05, 0) is 30.3 Å². The molecule has 0 spiro atoms. The van der Waals surface area contributed by atoms with E-state index in [1.54, 1.807) is 30.3 Å². The molecule has 0 N–H and O–H groups in total. The van der Waals surface area contributed by atoms with E-state index in [1.165, 1.54) is 0 Å². The molecule has 0 saturated heterocycles. The van der Waals surface area contributed by atoms with Crippen molar-refractivity contribution in [1.29, 1.82) is 0 Å². The second-order valence-electron chi connectivity index (χ2n) is 3.68. The molecule has 0 bridgehead atoms. The molecule has 17 heavy (non-hydrogen) atoms. The summed E-state index contributed by atoms with van der Waals surface area (Å²) < 4.78 is 5.52. The summed E-state index contributed by atoms with van der Waals surface area (Å²) in [7, 11) is 3.81. The zero-order valence-corrected chi connectivity index (χ0v) is 10.3. The number of hydrogen-bond acceptors (Lipinski definition) is 4. The molecule has 4 nitrogen and oxygen atoms in total. The maximum absolute atomic E-state index is 5.78. The molecule has 0 aliphatic heterocycles. The zero-order valence-electron chi connectivity index (χ0n) is 9.59. The topological polar surface area (TPSA) is 38.2 Å². The average molecular weight is 250 g/mol. The van der Waals surface area contributed by atoms with E-state index in [9.17, 15) is 0 Å². The molecule has 0 saturated carbocycles. The van der Waals surface area contributed by atoms with Gasteiger partial charge in [0.1, 0.15) is 5.75 Å². The molecule has 5 heteroatoms. The number of rotatable bonds is 3. The molecule has 2 rings (SSSR count). The Balaban J connectivity index is 2.11. The van der Waals surface area contributed by atoms with Gasteiger partial charge in [0.25, 0.3) is 0 Å². The van der Waals surface area contributed by atoms with Gasteiger partial charge in [-0.25, -0.2) is 0 Å². The van der Waals surface area contributed by atoms with Crippen LogP contribution in [-0.4, -0.2) is 24.3 Å². The standard InChI is InChI=1S/C12H12ClN3O/c1-16(2)11-7-8-12(15-14-11)17-10-5-3-9(13)4-6-10/h3-8H,1-2H3. The second-order valence-corrected chi connectivity index (χ2v) is 4.12. The maximum Gasteiger partial charge on any atom is 0.238 e. The third-order valence-electron chi connectivity index (χ3n) is 2.12. The summed E-state index contributed by atoms with van der Waals surface area (Å²) in [6.45, 7) is 0. The lowest BCUT2D eigenvalue weighted by Crippen LogP contribution is -2.11. The summed E-state index contributed by atoms with van der Waals surface area (Å²) in [6.07, 6.45) is 0. The minimum atomic E-state index is 0.456. The van der Waals surface area contributed by atoms with Crippen molar-refractivity contribution in [2.45, 2.75) is 0 Å². The number of aromatic nitrogens is 2. The second kappa shape index (κ2) is 5.01. The van der Waals surface area contributed by atoms with Crippen LogP contribution in [0.25, 0.3) is 0 Å². The number of hydrogen-bond donors (Lipinski definition) is 0. The van der Waals surface area contributed by atoms with Gasteiger partial charge in [0, 0.05) is 25.2 Å². The lowest BCUT2D eigenvalue weighted by molar-refractivity contribution is 0.455. The highest BCUT2D eigenvalue weighted by molar-refractivity contribution is 6.30. The van der Waals surface area contributed by atoms with Gasteiger partial charge in [0.2, 0.25) is 5.88 Å². The molecule has 0 unspecified atom stereocenters. The van der Waals surface area contributed by atoms with Crippen molar-refractivity contribution in [2.75, 3.05) is 19.0 Å². The van der Waals surface area contributed by atoms with E-state index in [1.807, 2.05) is 25.1 Å². The van der Waals surface area contributed by atoms with Crippen molar-refractivity contribution in [3.05, 3.63) is 41.4 Å². The van der Waals surface area contributed by atoms with E-state index in [2.05, 4.69) is 10.2 Å². The lowest BCUT2D eigenvalue weighted by atomic mass is 10.3. The highest BCUT2D eigenvalue weighted by Gasteiger charge is 2.01. The Morgan fingerprint density at radius 2 is 1.71 bits per heavy atom. The Labute approximate surface area is 105 Å². The molecule has 0 fully saturated rings. The molecule has 2 aromatic rings. The number of ether oxygens (including phenoxy) is 1. The number of anilines is 1. The van der Waals surface area contributed by atoms with Crippen molar-refractivity contribution in [3.8, 4) is 11.6 Å². The minimum Gasteiger partial charge on any atom is -0.438 e. The number of nitrogens with zero attached hydrogens (tertiary/aromatic N) is 3. The van der Waals surface area contributed by atoms with Crippen LogP contribution in [-0.2, 0) is 0 Å². The van der Waals surface area contributed by atoms with Crippen LogP contribution < -0.4 is 9.64 Å². The first kappa shape index (κ1) is 11.7. The normalized spacial score (nSPS) is 10.1. The van der Waals surface area contributed by atoms with Gasteiger partial charge in [-0.1, -0.05) is 11.6 Å². The summed E-state index contributed by atoms with van der Waals surface area (Å²) in [5.74, 6) is 1.92. The van der Waals surface area contributed by atoms with Gasteiger partial charge in [-0.2, -0.15) is 0 Å². The first-order valence-electron chi connectivity index (χ1n) is 5.09. The van der Waals surface area contributed by atoms with Crippen molar-refractivity contribution < 1.29 is 4.74 Å². The van der Waals surface area contributed by atoms with Gasteiger partial charge in [0.05, 0.1) is 0 Å². The quantitative estimate of drug-likeness (QED) is 0.838. The van der Waals surface area contributed by atoms with E-state index in [0.29, 0.717) is 16.7 Å². The predicted molar refractivity (Wildman–Crippen MR) is 67.9 cm³/mol. The van der Waals surface area contributed by atoms with Crippen LogP contribution in [0.2, 0.25) is 5.02 Å². The molecule has 1 aromatic heterocycles. The predicted octanol–water partition coefficient (Wildman–Crippen LogP) is 2.99. The molecule has 0 amide bonds. The largest absolute Gasteiger partial charge is 0.438 e. The van der Waals surface area contributed by atoms with Crippen LogP contribution >= 0.6 is 11.6 Å². The maximum atomic E-state index is 5.78. The molecule has 0 radical (unpaired) electrons. The Morgan fingerprint density at radius 1 is 1.00 bits per heavy atom. The monoisotopic (exact) mass is 249 g/mol. The van der Waals surface area contributed by atoms with Gasteiger partial charge >= 0.3 is 0 Å². The van der Waals surface area contributed by atoms with Gasteiger partial charge in [-0.3, -0.25) is 0 Å². The van der Waals surface area contributed by atoms with E-state index in [0.717, 1.165) is 5.82 Å². The van der Waals surface area contributed by atoms with Gasteiger partial charge in [0.15, 0.2) is 5.82 Å². The molecule has 88 valence electrons. The number of benzene rings is 1. The van der Waals surface area contributed by atoms with E-state index < -0.39 is 0 Å². The Hall–Kier alpha value is -1.81. The smallest absolute Gasteiger partial charge is 0.238 e. The lowest BCUT2D eigenvalue weighted by Gasteiger charge is -2.10. The Morgan fingerprint density at radius 3 is 2.24 bits per heavy atom. The van der Waals surface area contributed by atoms with E-state index >= 15 is 0 Å². The van der Waals surface area contributed by atoms with Crippen LogP contribution in [0.1, 0.15) is 0 Å². The van der Waals surface area contributed by atoms with Crippen LogP contribution in [0, 0.1) is 0 Å². The average Bonchev–Trinajstić information content (AvgIpc) is 2.33. The zero-order chi connectivity index (χ0) is 12.3. The fraction of sp³-hybridized carbons (Fsp3) is 0.167. The Bertz CT molecular complexity index is 482. The summed E-state index contributed by atoms with van der Waals surface area (Å²) >= 11 is 5.78. The van der Waals surface area contributed by atoms with E-state index in [4.69, 9.17) is 16.3 Å². The highest BCUT2D eigenvalue weighted by Crippen LogP contribution is 2.21. The van der Waals surface area contributed by atoms with Crippen molar-refractivity contribution in [2.24, 2.45) is 0 Å². The summed E-state index contributed by atoms with van der Waals surface area (Å²) in [4.78, 5) is 1.87. The molecule has 0 aliphatic carbocycles. The minimum absolute atomic E-state index is 0.456. The van der Waals surface area contributed by atoms with Crippen LogP contribution in [0.4, 0.5) is 5.82 Å². The third kappa shape index (κ3) is 3.07. The van der Waals surface area contributed by atoms with Crippen molar-refractivity contribution >= 4 is 17.4 Å². The number of halogens is 1. The summed E-state index contributed by atoms with van der Waals surface area (Å²) in [5, 5.41) is 8.66.